The van der Waals surface area contributed by atoms with Crippen molar-refractivity contribution in [3.05, 3.63) is 115 Å². The standard InChI is InChI=1S/C35H30N4OS.Pt/c1-23(2)25-18-19-36-35(20-25)37-31-13-6-5-12-29(31)30-17-16-28(22-34(30)37)41-27-11-9-10-26(21-27)39-33-15-8-7-14-32(33)38(40-39)24(3)4;/h5-20,23-24H,1-4H3;/q-2;/p+1. The molecule has 0 unspecified atom stereocenters. The zero-order valence-corrected chi connectivity index (χ0v) is 26.9. The Morgan fingerprint density at radius 3 is 2.33 bits per heavy atom. The molecule has 6 aromatic rings. The van der Waals surface area contributed by atoms with Gasteiger partial charge in [-0.15, -0.1) is 55.3 Å². The Morgan fingerprint density at radius 2 is 1.52 bits per heavy atom. The molecule has 0 spiro atoms. The molecule has 1 N–H and O–H groups in total. The largest absolute Gasteiger partial charge is 0.319 e. The molecule has 42 heavy (non-hydrogen) atoms. The van der Waals surface area contributed by atoms with E-state index in [2.05, 4.69) is 140 Å². The number of hydrogen-bond donors (Lipinski definition) is 0. The molecule has 0 atom stereocenters. The fraction of sp³-hybridized carbons (Fsp3) is 0.171. The van der Waals surface area contributed by atoms with Gasteiger partial charge >= 0.3 is 0 Å². The molecule has 3 heterocycles. The summed E-state index contributed by atoms with van der Waals surface area (Å²) < 4.78 is 2.24. The van der Waals surface area contributed by atoms with Crippen molar-refractivity contribution in [3.8, 4) is 5.82 Å². The van der Waals surface area contributed by atoms with Crippen LogP contribution in [0.25, 0.3) is 27.6 Å². The van der Waals surface area contributed by atoms with Gasteiger partial charge in [-0.1, -0.05) is 49.7 Å². The SMILES string of the molecule is CC(C)c1ccnc(-n2c3[c-]c(Sc4[c-]c(N5[OH+]N(C(C)C)c6ccccc65)ccc4)ccc3c3ccccc32)c1.[Pt]. The smallest absolute Gasteiger partial charge is 0.145 e. The van der Waals surface area contributed by atoms with Crippen molar-refractivity contribution >= 4 is 50.6 Å². The number of hydrogen-bond acceptors (Lipinski definition) is 4. The van der Waals surface area contributed by atoms with Crippen LogP contribution in [-0.4, -0.2) is 20.5 Å². The van der Waals surface area contributed by atoms with Crippen LogP contribution >= 0.6 is 11.8 Å². The van der Waals surface area contributed by atoms with Crippen LogP contribution in [-0.2, 0) is 21.1 Å². The summed E-state index contributed by atoms with van der Waals surface area (Å²) >= 11 is 1.66. The van der Waals surface area contributed by atoms with Crippen LogP contribution in [0.4, 0.5) is 17.1 Å². The minimum Gasteiger partial charge on any atom is -0.319 e. The predicted molar refractivity (Wildman–Crippen MR) is 169 cm³/mol. The molecule has 1 aliphatic rings. The molecule has 2 aromatic heterocycles. The van der Waals surface area contributed by atoms with E-state index in [1.165, 1.54) is 16.3 Å². The molecular weight excluding hydrogens is 720 g/mol. The minimum atomic E-state index is 0. The fourth-order valence-electron chi connectivity index (χ4n) is 5.41. The van der Waals surface area contributed by atoms with E-state index in [9.17, 15) is 0 Å². The summed E-state index contributed by atoms with van der Waals surface area (Å²) in [7, 11) is 0. The third kappa shape index (κ3) is 5.02. The number of fused-ring (bicyclic) bond motifs is 4. The average Bonchev–Trinajstić information content (AvgIpc) is 3.54. The van der Waals surface area contributed by atoms with Gasteiger partial charge in [0.15, 0.2) is 0 Å². The summed E-state index contributed by atoms with van der Waals surface area (Å²) in [5.74, 6) is 1.34. The van der Waals surface area contributed by atoms with Gasteiger partial charge in [0.25, 0.3) is 0 Å². The molecule has 7 rings (SSSR count). The van der Waals surface area contributed by atoms with Gasteiger partial charge in [0.2, 0.25) is 0 Å². The first-order valence-electron chi connectivity index (χ1n) is 14.0. The topological polar surface area (TPSA) is 37.1 Å². The molecule has 1 aliphatic heterocycles. The molecule has 0 radical (unpaired) electrons. The van der Waals surface area contributed by atoms with Crippen LogP contribution in [0.5, 0.6) is 0 Å². The van der Waals surface area contributed by atoms with Gasteiger partial charge in [0, 0.05) is 38.5 Å². The number of rotatable bonds is 6. The number of nitrogens with zero attached hydrogens (tertiary/aromatic N) is 4. The van der Waals surface area contributed by atoms with Gasteiger partial charge < -0.3 is 4.57 Å². The van der Waals surface area contributed by atoms with Crippen molar-refractivity contribution in [2.45, 2.75) is 49.4 Å². The van der Waals surface area contributed by atoms with E-state index in [4.69, 9.17) is 9.92 Å². The molecule has 0 amide bonds. The average molecular weight is 751 g/mol. The predicted octanol–water partition coefficient (Wildman–Crippen LogP) is 9.26. The second-order valence-electron chi connectivity index (χ2n) is 10.9. The van der Waals surface area contributed by atoms with E-state index in [0.717, 1.165) is 43.7 Å². The zero-order valence-electron chi connectivity index (χ0n) is 23.9. The summed E-state index contributed by atoms with van der Waals surface area (Å²) in [6.45, 7) is 8.73. The summed E-state index contributed by atoms with van der Waals surface area (Å²) in [5, 5.41) is 6.41. The number of anilines is 3. The first kappa shape index (κ1) is 28.5. The van der Waals surface area contributed by atoms with Gasteiger partial charge in [-0.25, -0.2) is 4.98 Å². The molecule has 7 heteroatoms. The van der Waals surface area contributed by atoms with Crippen molar-refractivity contribution < 1.29 is 26.0 Å². The van der Waals surface area contributed by atoms with Crippen LogP contribution in [0.15, 0.2) is 107 Å². The normalized spacial score (nSPS) is 12.9. The molecule has 5 nitrogen and oxygen atoms in total. The maximum Gasteiger partial charge on any atom is 0.145 e. The van der Waals surface area contributed by atoms with Gasteiger partial charge in [0.05, 0.1) is 6.04 Å². The van der Waals surface area contributed by atoms with Gasteiger partial charge in [0.1, 0.15) is 17.2 Å². The Kier molecular flexibility index (Phi) is 7.89. The van der Waals surface area contributed by atoms with Crippen LogP contribution in [0.2, 0.25) is 0 Å². The van der Waals surface area contributed by atoms with E-state index < -0.39 is 0 Å². The number of benzene rings is 4. The summed E-state index contributed by atoms with van der Waals surface area (Å²) in [5.41, 5.74) is 6.51. The second-order valence-corrected chi connectivity index (χ2v) is 12.0. The number of aromatic nitrogens is 2. The number of para-hydroxylation sites is 3. The third-order valence-electron chi connectivity index (χ3n) is 7.45. The molecule has 214 valence electrons. The van der Waals surface area contributed by atoms with E-state index in [-0.39, 0.29) is 27.1 Å². The van der Waals surface area contributed by atoms with Gasteiger partial charge in [-0.2, -0.15) is 29.2 Å². The van der Waals surface area contributed by atoms with E-state index >= 15 is 0 Å². The Morgan fingerprint density at radius 1 is 0.762 bits per heavy atom. The zero-order chi connectivity index (χ0) is 28.1. The number of hydroxylamine groups is 1. The van der Waals surface area contributed by atoms with Crippen molar-refractivity contribution in [1.82, 2.24) is 9.55 Å². The summed E-state index contributed by atoms with van der Waals surface area (Å²) in [4.78, 5) is 11.7. The van der Waals surface area contributed by atoms with Crippen LogP contribution in [0, 0.1) is 12.1 Å². The van der Waals surface area contributed by atoms with Crippen LogP contribution in [0.3, 0.4) is 0 Å². The Hall–Kier alpha value is -3.57. The first-order chi connectivity index (χ1) is 20.0. The van der Waals surface area contributed by atoms with E-state index in [1.54, 1.807) is 11.8 Å². The number of pyridine rings is 1. The van der Waals surface area contributed by atoms with Gasteiger partial charge in [-0.3, -0.25) is 0 Å². The fourth-order valence-corrected chi connectivity index (χ4v) is 6.24. The molecule has 4 aromatic carbocycles. The Labute approximate surface area is 265 Å². The van der Waals surface area contributed by atoms with E-state index in [0.29, 0.717) is 5.92 Å². The van der Waals surface area contributed by atoms with Crippen molar-refractivity contribution in [2.24, 2.45) is 0 Å². The minimum absolute atomic E-state index is 0. The summed E-state index contributed by atoms with van der Waals surface area (Å²) in [6, 6.07) is 39.3. The van der Waals surface area contributed by atoms with Crippen molar-refractivity contribution in [2.75, 3.05) is 10.1 Å². The Bertz CT molecular complexity index is 1900. The van der Waals surface area contributed by atoms with E-state index in [1.807, 2.05) is 11.3 Å². The maximum atomic E-state index is 4.91. The van der Waals surface area contributed by atoms with Gasteiger partial charge in [-0.05, 0) is 61.0 Å². The van der Waals surface area contributed by atoms with Crippen LogP contribution < -0.4 is 10.1 Å². The quantitative estimate of drug-likeness (QED) is 0.126. The van der Waals surface area contributed by atoms with Crippen molar-refractivity contribution in [1.29, 1.82) is 0 Å². The first-order valence-corrected chi connectivity index (χ1v) is 14.8. The molecular formula is C35H31N4OPtS-. The maximum absolute atomic E-state index is 4.91. The molecule has 0 saturated carbocycles. The van der Waals surface area contributed by atoms with Crippen molar-refractivity contribution in [3.63, 3.8) is 0 Å². The molecule has 0 saturated heterocycles. The second kappa shape index (κ2) is 11.6. The summed E-state index contributed by atoms with van der Waals surface area (Å²) in [6.07, 6.45) is 1.91. The molecule has 0 bridgehead atoms. The molecule has 0 aliphatic carbocycles. The third-order valence-corrected chi connectivity index (χ3v) is 8.37. The monoisotopic (exact) mass is 750 g/mol. The Balaban J connectivity index is 0.00000316. The molecule has 0 fully saturated rings. The van der Waals surface area contributed by atoms with Crippen LogP contribution in [0.1, 0.15) is 39.2 Å².